The Morgan fingerprint density at radius 1 is 0.897 bits per heavy atom. The zero-order valence-corrected chi connectivity index (χ0v) is 17.3. The summed E-state index contributed by atoms with van der Waals surface area (Å²) in [4.78, 5) is 16.7. The quantitative estimate of drug-likeness (QED) is 0.736. The van der Waals surface area contributed by atoms with Gasteiger partial charge in [0.2, 0.25) is 15.9 Å². The van der Waals surface area contributed by atoms with E-state index in [1.807, 2.05) is 35.2 Å². The highest BCUT2D eigenvalue weighted by Gasteiger charge is 2.29. The average molecular weight is 418 g/mol. The molecule has 2 aliphatic heterocycles. The van der Waals surface area contributed by atoms with E-state index in [0.29, 0.717) is 70.3 Å². The predicted molar refractivity (Wildman–Crippen MR) is 111 cm³/mol. The van der Waals surface area contributed by atoms with Gasteiger partial charge in [-0.15, -0.1) is 0 Å². The Morgan fingerprint density at radius 2 is 1.59 bits per heavy atom. The number of piperazine rings is 1. The largest absolute Gasteiger partial charge is 0.378 e. The number of carbonyl (C=O) groups excluding carboxylic acids is 1. The highest BCUT2D eigenvalue weighted by molar-refractivity contribution is 7.89. The summed E-state index contributed by atoms with van der Waals surface area (Å²) in [6.45, 7) is 5.38. The van der Waals surface area contributed by atoms with E-state index in [2.05, 4.69) is 4.90 Å². The van der Waals surface area contributed by atoms with Crippen LogP contribution in [-0.2, 0) is 19.6 Å². The Hall–Kier alpha value is -2.00. The van der Waals surface area contributed by atoms with E-state index in [0.717, 1.165) is 10.8 Å². The average Bonchev–Trinajstić information content (AvgIpc) is 2.78. The van der Waals surface area contributed by atoms with Crippen LogP contribution in [0.1, 0.15) is 6.42 Å². The zero-order valence-electron chi connectivity index (χ0n) is 16.5. The molecule has 0 aromatic heterocycles. The maximum absolute atomic E-state index is 13.0. The SMILES string of the molecule is O=C(CCN1CCN(S(=O)(=O)c2ccc3ccccc3c2)CC1)N1CCOCC1. The molecular formula is C21H27N3O4S. The fourth-order valence-electron chi connectivity index (χ4n) is 3.90. The molecule has 0 spiro atoms. The number of hydrogen-bond acceptors (Lipinski definition) is 5. The maximum Gasteiger partial charge on any atom is 0.243 e. The van der Waals surface area contributed by atoms with Gasteiger partial charge in [0.15, 0.2) is 0 Å². The van der Waals surface area contributed by atoms with Crippen LogP contribution in [-0.4, -0.2) is 87.5 Å². The minimum Gasteiger partial charge on any atom is -0.378 e. The number of hydrogen-bond donors (Lipinski definition) is 0. The molecule has 4 rings (SSSR count). The smallest absolute Gasteiger partial charge is 0.243 e. The van der Waals surface area contributed by atoms with Crippen LogP contribution in [0.15, 0.2) is 47.4 Å². The van der Waals surface area contributed by atoms with Gasteiger partial charge in [0.25, 0.3) is 0 Å². The fraction of sp³-hybridized carbons (Fsp3) is 0.476. The van der Waals surface area contributed by atoms with Crippen LogP contribution in [0.25, 0.3) is 10.8 Å². The molecule has 7 nitrogen and oxygen atoms in total. The first-order chi connectivity index (χ1) is 14.0. The Kier molecular flexibility index (Phi) is 6.15. The second-order valence-corrected chi connectivity index (χ2v) is 9.44. The topological polar surface area (TPSA) is 70.2 Å². The van der Waals surface area contributed by atoms with Crippen LogP contribution in [0.5, 0.6) is 0 Å². The number of benzene rings is 2. The molecule has 0 unspecified atom stereocenters. The van der Waals surface area contributed by atoms with E-state index in [1.54, 1.807) is 16.4 Å². The number of rotatable bonds is 5. The zero-order chi connectivity index (χ0) is 20.3. The highest BCUT2D eigenvalue weighted by atomic mass is 32.2. The third-order valence-corrected chi connectivity index (χ3v) is 7.59. The molecule has 2 heterocycles. The van der Waals surface area contributed by atoms with Crippen LogP contribution >= 0.6 is 0 Å². The Morgan fingerprint density at radius 3 is 2.31 bits per heavy atom. The molecule has 0 bridgehead atoms. The van der Waals surface area contributed by atoms with Crippen LogP contribution in [0.4, 0.5) is 0 Å². The van der Waals surface area contributed by atoms with Gasteiger partial charge in [-0.25, -0.2) is 8.42 Å². The third kappa shape index (κ3) is 4.61. The molecular weight excluding hydrogens is 390 g/mol. The normalized spacial score (nSPS) is 19.5. The van der Waals surface area contributed by atoms with Gasteiger partial charge in [-0.05, 0) is 22.9 Å². The Bertz CT molecular complexity index is 965. The summed E-state index contributed by atoms with van der Waals surface area (Å²) in [7, 11) is -3.51. The summed E-state index contributed by atoms with van der Waals surface area (Å²) < 4.78 is 32.9. The summed E-state index contributed by atoms with van der Waals surface area (Å²) in [6.07, 6.45) is 0.470. The van der Waals surface area contributed by atoms with Crippen molar-refractivity contribution in [2.75, 3.05) is 59.0 Å². The van der Waals surface area contributed by atoms with Crippen molar-refractivity contribution in [3.63, 3.8) is 0 Å². The molecule has 0 N–H and O–H groups in total. The van der Waals surface area contributed by atoms with E-state index in [4.69, 9.17) is 4.74 Å². The Balaban J connectivity index is 1.32. The van der Waals surface area contributed by atoms with Crippen LogP contribution < -0.4 is 0 Å². The lowest BCUT2D eigenvalue weighted by atomic mass is 10.1. The number of ether oxygens (including phenoxy) is 1. The number of nitrogens with zero attached hydrogens (tertiary/aromatic N) is 3. The van der Waals surface area contributed by atoms with Crippen molar-refractivity contribution in [3.8, 4) is 0 Å². The van der Waals surface area contributed by atoms with Gasteiger partial charge < -0.3 is 14.5 Å². The monoisotopic (exact) mass is 417 g/mol. The van der Waals surface area contributed by atoms with Crippen molar-refractivity contribution in [1.82, 2.24) is 14.1 Å². The minimum atomic E-state index is -3.51. The molecule has 2 fully saturated rings. The highest BCUT2D eigenvalue weighted by Crippen LogP contribution is 2.23. The van der Waals surface area contributed by atoms with Crippen LogP contribution in [0.2, 0.25) is 0 Å². The molecule has 0 radical (unpaired) electrons. The fourth-order valence-corrected chi connectivity index (χ4v) is 5.35. The number of amides is 1. The summed E-state index contributed by atoms with van der Waals surface area (Å²) >= 11 is 0. The first-order valence-corrected chi connectivity index (χ1v) is 11.5. The molecule has 1 amide bonds. The first kappa shape index (κ1) is 20.3. The second-order valence-electron chi connectivity index (χ2n) is 7.50. The lowest BCUT2D eigenvalue weighted by Gasteiger charge is -2.34. The van der Waals surface area contributed by atoms with E-state index < -0.39 is 10.0 Å². The van der Waals surface area contributed by atoms with E-state index in [-0.39, 0.29) is 5.91 Å². The van der Waals surface area contributed by atoms with Crippen molar-refractivity contribution in [1.29, 1.82) is 0 Å². The number of carbonyl (C=O) groups is 1. The lowest BCUT2D eigenvalue weighted by molar-refractivity contribution is -0.135. The van der Waals surface area contributed by atoms with E-state index in [9.17, 15) is 13.2 Å². The van der Waals surface area contributed by atoms with Gasteiger partial charge in [0.1, 0.15) is 0 Å². The van der Waals surface area contributed by atoms with E-state index in [1.165, 1.54) is 0 Å². The summed E-state index contributed by atoms with van der Waals surface area (Å²) in [5.74, 6) is 0.152. The molecule has 2 aliphatic rings. The standard InChI is InChI=1S/C21H27N3O4S/c25-21(23-13-15-28-16-14-23)7-8-22-9-11-24(12-10-22)29(26,27)20-6-5-18-3-1-2-4-19(18)17-20/h1-6,17H,7-16H2. The van der Waals surface area contributed by atoms with E-state index >= 15 is 0 Å². The molecule has 8 heteroatoms. The molecule has 2 aromatic carbocycles. The number of sulfonamides is 1. The lowest BCUT2D eigenvalue weighted by Crippen LogP contribution is -2.49. The van der Waals surface area contributed by atoms with Crippen molar-refractivity contribution >= 4 is 26.7 Å². The molecule has 156 valence electrons. The predicted octanol–water partition coefficient (Wildman–Crippen LogP) is 1.39. The summed E-state index contributed by atoms with van der Waals surface area (Å²) in [6, 6.07) is 13.1. The minimum absolute atomic E-state index is 0.152. The molecule has 29 heavy (non-hydrogen) atoms. The maximum atomic E-state index is 13.0. The van der Waals surface area contributed by atoms with Gasteiger partial charge in [-0.1, -0.05) is 30.3 Å². The molecule has 0 saturated carbocycles. The molecule has 2 saturated heterocycles. The Labute approximate surface area is 171 Å². The van der Waals surface area contributed by atoms with Gasteiger partial charge in [0, 0.05) is 52.2 Å². The van der Waals surface area contributed by atoms with Gasteiger partial charge in [-0.2, -0.15) is 4.31 Å². The van der Waals surface area contributed by atoms with Gasteiger partial charge in [0.05, 0.1) is 18.1 Å². The van der Waals surface area contributed by atoms with Crippen molar-refractivity contribution < 1.29 is 17.9 Å². The van der Waals surface area contributed by atoms with Gasteiger partial charge in [-0.3, -0.25) is 4.79 Å². The first-order valence-electron chi connectivity index (χ1n) is 10.1. The van der Waals surface area contributed by atoms with Crippen LogP contribution in [0, 0.1) is 0 Å². The summed E-state index contributed by atoms with van der Waals surface area (Å²) in [5, 5.41) is 1.95. The van der Waals surface area contributed by atoms with Crippen molar-refractivity contribution in [2.45, 2.75) is 11.3 Å². The summed E-state index contributed by atoms with van der Waals surface area (Å²) in [5.41, 5.74) is 0. The van der Waals surface area contributed by atoms with Crippen LogP contribution in [0.3, 0.4) is 0 Å². The third-order valence-electron chi connectivity index (χ3n) is 5.70. The second kappa shape index (κ2) is 8.79. The molecule has 2 aromatic rings. The van der Waals surface area contributed by atoms with Crippen molar-refractivity contribution in [2.24, 2.45) is 0 Å². The number of fused-ring (bicyclic) bond motifs is 1. The molecule has 0 atom stereocenters. The number of morpholine rings is 1. The van der Waals surface area contributed by atoms with Crippen molar-refractivity contribution in [3.05, 3.63) is 42.5 Å². The van der Waals surface area contributed by atoms with Gasteiger partial charge >= 0.3 is 0 Å². The molecule has 0 aliphatic carbocycles.